The fourth-order valence-corrected chi connectivity index (χ4v) is 1.91. The Hall–Kier alpha value is -1.81. The van der Waals surface area contributed by atoms with Crippen LogP contribution in [0, 0.1) is 6.92 Å². The number of aryl methyl sites for hydroxylation is 1. The number of hydrogen-bond donors (Lipinski definition) is 3. The molecule has 2 rings (SSSR count). The molecule has 16 heavy (non-hydrogen) atoms. The minimum Gasteiger partial charge on any atom is -0.479 e. The van der Waals surface area contributed by atoms with Gasteiger partial charge in [-0.25, -0.2) is 4.79 Å². The minimum atomic E-state index is -1.35. The summed E-state index contributed by atoms with van der Waals surface area (Å²) in [5, 5.41) is 19.0. The van der Waals surface area contributed by atoms with Crippen LogP contribution in [0.3, 0.4) is 0 Å². The maximum Gasteiger partial charge on any atom is 0.332 e. The van der Waals surface area contributed by atoms with E-state index < -0.39 is 12.1 Å². The molecule has 0 aliphatic rings. The van der Waals surface area contributed by atoms with E-state index in [4.69, 9.17) is 5.11 Å². The zero-order chi connectivity index (χ0) is 11.7. The smallest absolute Gasteiger partial charge is 0.332 e. The van der Waals surface area contributed by atoms with E-state index in [0.29, 0.717) is 0 Å². The highest BCUT2D eigenvalue weighted by Gasteiger charge is 2.16. The molecular weight excluding hydrogens is 206 g/mol. The molecule has 4 nitrogen and oxygen atoms in total. The molecule has 84 valence electrons. The molecule has 1 atom stereocenters. The molecule has 0 radical (unpaired) electrons. The number of carboxylic acid groups (broad SMARTS) is 1. The third-order valence-electron chi connectivity index (χ3n) is 2.69. The van der Waals surface area contributed by atoms with Gasteiger partial charge in [-0.15, -0.1) is 0 Å². The van der Waals surface area contributed by atoms with Gasteiger partial charge in [-0.05, 0) is 24.1 Å². The van der Waals surface area contributed by atoms with Gasteiger partial charge in [-0.3, -0.25) is 0 Å². The highest BCUT2D eigenvalue weighted by atomic mass is 16.4. The van der Waals surface area contributed by atoms with E-state index in [2.05, 4.69) is 4.98 Å². The summed E-state index contributed by atoms with van der Waals surface area (Å²) in [6, 6.07) is 5.83. The molecule has 0 aliphatic carbocycles. The van der Waals surface area contributed by atoms with Gasteiger partial charge in [-0.1, -0.05) is 12.1 Å². The second-order valence-corrected chi connectivity index (χ2v) is 3.87. The molecule has 4 heteroatoms. The van der Waals surface area contributed by atoms with E-state index in [-0.39, 0.29) is 6.42 Å². The first kappa shape index (κ1) is 10.7. The number of benzene rings is 1. The molecular formula is C12H13NO3. The minimum absolute atomic E-state index is 0.125. The summed E-state index contributed by atoms with van der Waals surface area (Å²) in [5.74, 6) is -1.19. The molecule has 0 saturated carbocycles. The number of nitrogens with one attached hydrogen (secondary N) is 1. The highest BCUT2D eigenvalue weighted by Crippen LogP contribution is 2.23. The number of H-pyrrole nitrogens is 1. The highest BCUT2D eigenvalue weighted by molar-refractivity contribution is 5.87. The average molecular weight is 219 g/mol. The largest absolute Gasteiger partial charge is 0.479 e. The molecule has 2 aromatic rings. The molecule has 0 saturated heterocycles. The lowest BCUT2D eigenvalue weighted by Crippen LogP contribution is -2.21. The van der Waals surface area contributed by atoms with Crippen LogP contribution < -0.4 is 0 Å². The number of rotatable bonds is 3. The first-order chi connectivity index (χ1) is 7.59. The van der Waals surface area contributed by atoms with E-state index in [1.165, 1.54) is 0 Å². The van der Waals surface area contributed by atoms with Crippen LogP contribution in [0.25, 0.3) is 10.9 Å². The normalized spacial score (nSPS) is 12.9. The van der Waals surface area contributed by atoms with Crippen LogP contribution >= 0.6 is 0 Å². The Balaban J connectivity index is 2.42. The zero-order valence-corrected chi connectivity index (χ0v) is 8.90. The Labute approximate surface area is 92.5 Å². The van der Waals surface area contributed by atoms with E-state index in [1.54, 1.807) is 6.20 Å². The fraction of sp³-hybridized carbons (Fsp3) is 0.250. The van der Waals surface area contributed by atoms with Crippen molar-refractivity contribution in [2.75, 3.05) is 0 Å². The Morgan fingerprint density at radius 2 is 2.25 bits per heavy atom. The lowest BCUT2D eigenvalue weighted by atomic mass is 10.0. The van der Waals surface area contributed by atoms with Crippen LogP contribution in [0.15, 0.2) is 24.4 Å². The van der Waals surface area contributed by atoms with Crippen LogP contribution in [0.2, 0.25) is 0 Å². The molecule has 1 aromatic carbocycles. The van der Waals surface area contributed by atoms with Gasteiger partial charge in [-0.2, -0.15) is 0 Å². The quantitative estimate of drug-likeness (QED) is 0.731. The first-order valence-corrected chi connectivity index (χ1v) is 5.06. The third kappa shape index (κ3) is 1.79. The Morgan fingerprint density at radius 1 is 1.50 bits per heavy atom. The van der Waals surface area contributed by atoms with E-state index in [0.717, 1.165) is 22.0 Å². The maximum absolute atomic E-state index is 10.6. The summed E-state index contributed by atoms with van der Waals surface area (Å²) in [6.45, 7) is 1.97. The summed E-state index contributed by atoms with van der Waals surface area (Å²) in [7, 11) is 0. The predicted molar refractivity (Wildman–Crippen MR) is 60.4 cm³/mol. The van der Waals surface area contributed by atoms with Gasteiger partial charge >= 0.3 is 5.97 Å². The number of aliphatic carboxylic acids is 1. The Kier molecular flexibility index (Phi) is 2.66. The van der Waals surface area contributed by atoms with Gasteiger partial charge in [0.1, 0.15) is 0 Å². The van der Waals surface area contributed by atoms with Crippen molar-refractivity contribution < 1.29 is 15.0 Å². The van der Waals surface area contributed by atoms with Crippen molar-refractivity contribution in [1.29, 1.82) is 0 Å². The average Bonchev–Trinajstić information content (AvgIpc) is 2.63. The van der Waals surface area contributed by atoms with Gasteiger partial charge in [0.2, 0.25) is 0 Å². The predicted octanol–water partition coefficient (Wildman–Crippen LogP) is 1.46. The molecule has 1 heterocycles. The van der Waals surface area contributed by atoms with Crippen molar-refractivity contribution in [1.82, 2.24) is 4.98 Å². The number of fused-ring (bicyclic) bond motifs is 1. The molecule has 0 fully saturated rings. The molecule has 1 aromatic heterocycles. The molecule has 0 amide bonds. The van der Waals surface area contributed by atoms with E-state index in [1.807, 2.05) is 25.1 Å². The van der Waals surface area contributed by atoms with Gasteiger partial charge < -0.3 is 15.2 Å². The van der Waals surface area contributed by atoms with Crippen molar-refractivity contribution in [3.05, 3.63) is 35.5 Å². The summed E-state index contributed by atoms with van der Waals surface area (Å²) in [4.78, 5) is 13.7. The molecule has 3 N–H and O–H groups in total. The first-order valence-electron chi connectivity index (χ1n) is 5.06. The molecule has 0 aliphatic heterocycles. The van der Waals surface area contributed by atoms with Gasteiger partial charge in [0.15, 0.2) is 6.10 Å². The Morgan fingerprint density at radius 3 is 2.94 bits per heavy atom. The monoisotopic (exact) mass is 219 g/mol. The summed E-state index contributed by atoms with van der Waals surface area (Å²) >= 11 is 0. The van der Waals surface area contributed by atoms with Crippen LogP contribution in [0.5, 0.6) is 0 Å². The second-order valence-electron chi connectivity index (χ2n) is 3.87. The molecule has 0 bridgehead atoms. The maximum atomic E-state index is 10.6. The number of carboxylic acids is 1. The van der Waals surface area contributed by atoms with Gasteiger partial charge in [0, 0.05) is 23.5 Å². The van der Waals surface area contributed by atoms with Crippen molar-refractivity contribution in [2.24, 2.45) is 0 Å². The number of aromatic amines is 1. The summed E-state index contributed by atoms with van der Waals surface area (Å²) in [6.07, 6.45) is 0.530. The fourth-order valence-electron chi connectivity index (χ4n) is 1.91. The lowest BCUT2D eigenvalue weighted by Gasteiger charge is -2.05. The van der Waals surface area contributed by atoms with E-state index >= 15 is 0 Å². The summed E-state index contributed by atoms with van der Waals surface area (Å²) < 4.78 is 0. The van der Waals surface area contributed by atoms with Crippen molar-refractivity contribution in [2.45, 2.75) is 19.4 Å². The number of carbonyl (C=O) groups is 1. The van der Waals surface area contributed by atoms with Crippen molar-refractivity contribution >= 4 is 16.9 Å². The summed E-state index contributed by atoms with van der Waals surface area (Å²) in [5.41, 5.74) is 2.88. The lowest BCUT2D eigenvalue weighted by molar-refractivity contribution is -0.146. The van der Waals surface area contributed by atoms with Gasteiger partial charge in [0.05, 0.1) is 0 Å². The SMILES string of the molecule is Cc1cccc2[nH]cc(C[C@H](O)C(=O)O)c12. The number of aromatic nitrogens is 1. The second kappa shape index (κ2) is 3.98. The molecule has 0 spiro atoms. The third-order valence-corrected chi connectivity index (χ3v) is 2.69. The number of aliphatic hydroxyl groups is 1. The van der Waals surface area contributed by atoms with Crippen LogP contribution in [0.1, 0.15) is 11.1 Å². The topological polar surface area (TPSA) is 73.3 Å². The zero-order valence-electron chi connectivity index (χ0n) is 8.90. The van der Waals surface area contributed by atoms with E-state index in [9.17, 15) is 9.90 Å². The van der Waals surface area contributed by atoms with Crippen molar-refractivity contribution in [3.8, 4) is 0 Å². The van der Waals surface area contributed by atoms with Crippen LogP contribution in [0.4, 0.5) is 0 Å². The molecule has 0 unspecified atom stereocenters. The number of hydrogen-bond acceptors (Lipinski definition) is 2. The van der Waals surface area contributed by atoms with Crippen LogP contribution in [-0.4, -0.2) is 27.3 Å². The van der Waals surface area contributed by atoms with Crippen LogP contribution in [-0.2, 0) is 11.2 Å². The van der Waals surface area contributed by atoms with Gasteiger partial charge in [0.25, 0.3) is 0 Å². The standard InChI is InChI=1S/C12H13NO3/c1-7-3-2-4-9-11(7)8(6-13-9)5-10(14)12(15)16/h2-4,6,10,13-14H,5H2,1H3,(H,15,16)/t10-/m0/s1. The Bertz CT molecular complexity index is 530. The van der Waals surface area contributed by atoms with Crippen molar-refractivity contribution in [3.63, 3.8) is 0 Å². The number of aliphatic hydroxyl groups excluding tert-OH is 1.